The van der Waals surface area contributed by atoms with Gasteiger partial charge >= 0.3 is 0 Å². The molecule has 5 nitrogen and oxygen atoms in total. The maximum absolute atomic E-state index is 6.42. The largest absolute Gasteiger partial charge is 0.481 e. The molecular weight excluding hydrogens is 302 g/mol. The second kappa shape index (κ2) is 6.26. The fourth-order valence-electron chi connectivity index (χ4n) is 2.80. The standard InChI is InChI=1S/C16H20ClN3O2/c1-11(21-13-7-5-6-12(17)10-13)14-19-15(20-22-14)16(18)8-3-2-4-9-16/h5-7,10-11H,2-4,8-9,18H2,1H3. The lowest BCUT2D eigenvalue weighted by Crippen LogP contribution is -2.39. The number of hydrogen-bond donors (Lipinski definition) is 1. The molecule has 1 heterocycles. The van der Waals surface area contributed by atoms with Crippen LogP contribution < -0.4 is 10.5 Å². The molecule has 1 fully saturated rings. The van der Waals surface area contributed by atoms with Crippen LogP contribution >= 0.6 is 11.6 Å². The summed E-state index contributed by atoms with van der Waals surface area (Å²) in [4.78, 5) is 4.46. The van der Waals surface area contributed by atoms with Gasteiger partial charge in [0.15, 0.2) is 11.9 Å². The molecule has 1 aliphatic rings. The number of nitrogens with zero attached hydrogens (tertiary/aromatic N) is 2. The van der Waals surface area contributed by atoms with Crippen molar-refractivity contribution in [2.45, 2.75) is 50.7 Å². The van der Waals surface area contributed by atoms with Crippen molar-refractivity contribution < 1.29 is 9.26 Å². The van der Waals surface area contributed by atoms with E-state index in [1.807, 2.05) is 19.1 Å². The molecule has 0 bridgehead atoms. The smallest absolute Gasteiger partial charge is 0.267 e. The number of aromatic nitrogens is 2. The first-order valence-electron chi connectivity index (χ1n) is 7.62. The van der Waals surface area contributed by atoms with Crippen molar-refractivity contribution in [3.8, 4) is 5.75 Å². The minimum Gasteiger partial charge on any atom is -0.481 e. The van der Waals surface area contributed by atoms with E-state index < -0.39 is 5.54 Å². The third kappa shape index (κ3) is 3.25. The van der Waals surface area contributed by atoms with E-state index in [0.29, 0.717) is 22.5 Å². The number of nitrogens with two attached hydrogens (primary N) is 1. The second-order valence-electron chi connectivity index (χ2n) is 5.89. The van der Waals surface area contributed by atoms with Gasteiger partial charge in [0, 0.05) is 5.02 Å². The predicted molar refractivity (Wildman–Crippen MR) is 83.7 cm³/mol. The minimum absolute atomic E-state index is 0.355. The highest BCUT2D eigenvalue weighted by molar-refractivity contribution is 6.30. The van der Waals surface area contributed by atoms with Crippen LogP contribution in [0, 0.1) is 0 Å². The highest BCUT2D eigenvalue weighted by atomic mass is 35.5. The number of hydrogen-bond acceptors (Lipinski definition) is 5. The molecule has 22 heavy (non-hydrogen) atoms. The SMILES string of the molecule is CC(Oc1cccc(Cl)c1)c1nc(C2(N)CCCCC2)no1. The van der Waals surface area contributed by atoms with E-state index >= 15 is 0 Å². The third-order valence-corrected chi connectivity index (χ3v) is 4.32. The van der Waals surface area contributed by atoms with Gasteiger partial charge in [0.25, 0.3) is 5.89 Å². The van der Waals surface area contributed by atoms with E-state index in [-0.39, 0.29) is 6.10 Å². The lowest BCUT2D eigenvalue weighted by Gasteiger charge is -2.29. The van der Waals surface area contributed by atoms with Crippen molar-refractivity contribution in [3.05, 3.63) is 41.0 Å². The van der Waals surface area contributed by atoms with Gasteiger partial charge in [-0.1, -0.05) is 42.1 Å². The topological polar surface area (TPSA) is 74.2 Å². The van der Waals surface area contributed by atoms with Gasteiger partial charge in [-0.15, -0.1) is 0 Å². The summed E-state index contributed by atoms with van der Waals surface area (Å²) in [6.07, 6.45) is 4.87. The molecule has 6 heteroatoms. The molecule has 118 valence electrons. The van der Waals surface area contributed by atoms with Crippen molar-refractivity contribution in [1.29, 1.82) is 0 Å². The van der Waals surface area contributed by atoms with Crippen LogP contribution in [0.15, 0.2) is 28.8 Å². The number of benzene rings is 1. The molecule has 0 amide bonds. The van der Waals surface area contributed by atoms with Gasteiger partial charge in [-0.3, -0.25) is 0 Å². The minimum atomic E-state index is -0.463. The van der Waals surface area contributed by atoms with Crippen molar-refractivity contribution >= 4 is 11.6 Å². The first-order valence-corrected chi connectivity index (χ1v) is 8.00. The normalized spacial score (nSPS) is 18.9. The lowest BCUT2D eigenvalue weighted by atomic mass is 9.82. The average molecular weight is 322 g/mol. The first kappa shape index (κ1) is 15.3. The van der Waals surface area contributed by atoms with Gasteiger partial charge in [0.05, 0.1) is 5.54 Å². The lowest BCUT2D eigenvalue weighted by molar-refractivity contribution is 0.175. The Balaban J connectivity index is 1.72. The molecule has 2 N–H and O–H groups in total. The molecule has 1 aliphatic carbocycles. The van der Waals surface area contributed by atoms with E-state index in [4.69, 9.17) is 26.6 Å². The van der Waals surface area contributed by atoms with Gasteiger partial charge in [-0.25, -0.2) is 0 Å². The number of rotatable bonds is 4. The van der Waals surface area contributed by atoms with Crippen LogP contribution in [-0.4, -0.2) is 10.1 Å². The summed E-state index contributed by atoms with van der Waals surface area (Å²) in [5, 5.41) is 4.70. The first-order chi connectivity index (χ1) is 10.6. The molecule has 1 unspecified atom stereocenters. The zero-order valence-electron chi connectivity index (χ0n) is 12.6. The van der Waals surface area contributed by atoms with Crippen LogP contribution in [0.5, 0.6) is 5.75 Å². The summed E-state index contributed by atoms with van der Waals surface area (Å²) < 4.78 is 11.1. The summed E-state index contributed by atoms with van der Waals surface area (Å²) in [5.41, 5.74) is 5.96. The Hall–Kier alpha value is -1.59. The molecule has 0 saturated heterocycles. The summed E-state index contributed by atoms with van der Waals surface area (Å²) >= 11 is 5.95. The maximum Gasteiger partial charge on any atom is 0.267 e. The number of halogens is 1. The zero-order chi connectivity index (χ0) is 15.6. The molecule has 2 aromatic rings. The number of ether oxygens (including phenoxy) is 1. The molecule has 1 aromatic carbocycles. The van der Waals surface area contributed by atoms with E-state index in [0.717, 1.165) is 25.7 Å². The van der Waals surface area contributed by atoms with E-state index in [2.05, 4.69) is 10.1 Å². The molecular formula is C16H20ClN3O2. The maximum atomic E-state index is 6.42. The molecule has 1 aromatic heterocycles. The van der Waals surface area contributed by atoms with Crippen molar-refractivity contribution in [1.82, 2.24) is 10.1 Å². The predicted octanol–water partition coefficient (Wildman–Crippen LogP) is 3.98. The summed E-state index contributed by atoms with van der Waals surface area (Å²) in [6.45, 7) is 1.86. The molecule has 0 aliphatic heterocycles. The Morgan fingerprint density at radius 1 is 1.32 bits per heavy atom. The Kier molecular flexibility index (Phi) is 4.36. The van der Waals surface area contributed by atoms with E-state index in [1.165, 1.54) is 6.42 Å². The fourth-order valence-corrected chi connectivity index (χ4v) is 2.98. The quantitative estimate of drug-likeness (QED) is 0.921. The molecule has 1 saturated carbocycles. The van der Waals surface area contributed by atoms with Crippen LogP contribution in [0.1, 0.15) is 56.8 Å². The highest BCUT2D eigenvalue weighted by Gasteiger charge is 2.35. The van der Waals surface area contributed by atoms with Gasteiger partial charge < -0.3 is 15.0 Å². The van der Waals surface area contributed by atoms with Crippen LogP contribution in [0.4, 0.5) is 0 Å². The van der Waals surface area contributed by atoms with Crippen LogP contribution in [-0.2, 0) is 5.54 Å². The monoisotopic (exact) mass is 321 g/mol. The Morgan fingerprint density at radius 3 is 2.82 bits per heavy atom. The molecule has 3 rings (SSSR count). The highest BCUT2D eigenvalue weighted by Crippen LogP contribution is 2.33. The van der Waals surface area contributed by atoms with Gasteiger partial charge in [-0.05, 0) is 38.0 Å². The van der Waals surface area contributed by atoms with Gasteiger partial charge in [0.2, 0.25) is 0 Å². The zero-order valence-corrected chi connectivity index (χ0v) is 13.3. The Morgan fingerprint density at radius 2 is 2.09 bits per heavy atom. The fraction of sp³-hybridized carbons (Fsp3) is 0.500. The van der Waals surface area contributed by atoms with Gasteiger partial charge in [-0.2, -0.15) is 4.98 Å². The van der Waals surface area contributed by atoms with Crippen molar-refractivity contribution in [3.63, 3.8) is 0 Å². The second-order valence-corrected chi connectivity index (χ2v) is 6.33. The van der Waals surface area contributed by atoms with Crippen LogP contribution in [0.2, 0.25) is 5.02 Å². The summed E-state index contributed by atoms with van der Waals surface area (Å²) in [7, 11) is 0. The average Bonchev–Trinajstić information content (AvgIpc) is 2.99. The Labute approximate surface area is 134 Å². The molecule has 0 spiro atoms. The van der Waals surface area contributed by atoms with Crippen LogP contribution in [0.25, 0.3) is 0 Å². The van der Waals surface area contributed by atoms with E-state index in [9.17, 15) is 0 Å². The Bertz CT molecular complexity index is 638. The third-order valence-electron chi connectivity index (χ3n) is 4.09. The van der Waals surface area contributed by atoms with Crippen molar-refractivity contribution in [2.75, 3.05) is 0 Å². The molecule has 1 atom stereocenters. The van der Waals surface area contributed by atoms with Crippen LogP contribution in [0.3, 0.4) is 0 Å². The van der Waals surface area contributed by atoms with E-state index in [1.54, 1.807) is 12.1 Å². The molecule has 0 radical (unpaired) electrons. The van der Waals surface area contributed by atoms with Gasteiger partial charge in [0.1, 0.15) is 5.75 Å². The summed E-state index contributed by atoms with van der Waals surface area (Å²) in [5.74, 6) is 1.69. The van der Waals surface area contributed by atoms with Crippen molar-refractivity contribution in [2.24, 2.45) is 5.73 Å². The summed E-state index contributed by atoms with van der Waals surface area (Å²) in [6, 6.07) is 7.22.